The van der Waals surface area contributed by atoms with Gasteiger partial charge in [0.2, 0.25) is 0 Å². The zero-order chi connectivity index (χ0) is 16.8. The van der Waals surface area contributed by atoms with Crippen LogP contribution in [-0.2, 0) is 6.42 Å². The summed E-state index contributed by atoms with van der Waals surface area (Å²) in [7, 11) is 0. The Kier molecular flexibility index (Phi) is 5.07. The molecule has 3 aromatic carbocycles. The molecule has 1 amide bonds. The topological polar surface area (TPSA) is 29.1 Å². The van der Waals surface area contributed by atoms with Crippen LogP contribution >= 0.6 is 0 Å². The Labute approximate surface area is 143 Å². The maximum absolute atomic E-state index is 12.7. The van der Waals surface area contributed by atoms with Crippen LogP contribution < -0.4 is 5.32 Å². The van der Waals surface area contributed by atoms with Crippen LogP contribution in [-0.4, -0.2) is 5.91 Å². The van der Waals surface area contributed by atoms with Crippen molar-refractivity contribution >= 4 is 5.91 Å². The fourth-order valence-corrected chi connectivity index (χ4v) is 2.81. The van der Waals surface area contributed by atoms with Crippen molar-refractivity contribution in [1.29, 1.82) is 0 Å². The van der Waals surface area contributed by atoms with E-state index < -0.39 is 0 Å². The number of hydrogen-bond donors (Lipinski definition) is 1. The van der Waals surface area contributed by atoms with Gasteiger partial charge >= 0.3 is 0 Å². The van der Waals surface area contributed by atoms with Gasteiger partial charge in [0.05, 0.1) is 6.04 Å². The van der Waals surface area contributed by atoms with Crippen LogP contribution in [0.25, 0.3) is 0 Å². The summed E-state index contributed by atoms with van der Waals surface area (Å²) < 4.78 is 0. The minimum Gasteiger partial charge on any atom is -0.346 e. The fraction of sp³-hybridized carbons (Fsp3) is 0.136. The second-order valence-corrected chi connectivity index (χ2v) is 5.93. The summed E-state index contributed by atoms with van der Waals surface area (Å²) in [5.74, 6) is -0.0297. The van der Waals surface area contributed by atoms with Crippen LogP contribution in [0, 0.1) is 0 Å². The van der Waals surface area contributed by atoms with Crippen LogP contribution in [0.3, 0.4) is 0 Å². The monoisotopic (exact) mass is 315 g/mol. The van der Waals surface area contributed by atoms with E-state index in [2.05, 4.69) is 17.4 Å². The molecule has 120 valence electrons. The van der Waals surface area contributed by atoms with E-state index in [9.17, 15) is 4.79 Å². The minimum absolute atomic E-state index is 0.0246. The summed E-state index contributed by atoms with van der Waals surface area (Å²) >= 11 is 0. The van der Waals surface area contributed by atoms with E-state index in [1.807, 2.05) is 79.7 Å². The van der Waals surface area contributed by atoms with Crippen molar-refractivity contribution in [2.75, 3.05) is 0 Å². The van der Waals surface area contributed by atoms with Gasteiger partial charge in [0.25, 0.3) is 5.91 Å². The van der Waals surface area contributed by atoms with Gasteiger partial charge in [-0.25, -0.2) is 0 Å². The van der Waals surface area contributed by atoms with Crippen LogP contribution in [0.2, 0.25) is 0 Å². The van der Waals surface area contributed by atoms with Gasteiger partial charge < -0.3 is 5.32 Å². The van der Waals surface area contributed by atoms with E-state index >= 15 is 0 Å². The molecular weight excluding hydrogens is 294 g/mol. The highest BCUT2D eigenvalue weighted by atomic mass is 16.1. The number of nitrogens with one attached hydrogen (secondary N) is 1. The average Bonchev–Trinajstić information content (AvgIpc) is 2.63. The molecule has 0 aromatic heterocycles. The predicted octanol–water partition coefficient (Wildman–Crippen LogP) is 4.77. The van der Waals surface area contributed by atoms with Crippen molar-refractivity contribution in [2.24, 2.45) is 0 Å². The third kappa shape index (κ3) is 3.90. The largest absolute Gasteiger partial charge is 0.346 e. The van der Waals surface area contributed by atoms with Crippen LogP contribution in [0.1, 0.15) is 40.0 Å². The lowest BCUT2D eigenvalue weighted by Crippen LogP contribution is -2.27. The summed E-state index contributed by atoms with van der Waals surface area (Å²) in [6, 6.07) is 28.0. The molecule has 2 nitrogen and oxygen atoms in total. The maximum Gasteiger partial charge on any atom is 0.252 e. The van der Waals surface area contributed by atoms with E-state index in [0.717, 1.165) is 23.1 Å². The van der Waals surface area contributed by atoms with Gasteiger partial charge in [-0.2, -0.15) is 0 Å². The Morgan fingerprint density at radius 1 is 0.833 bits per heavy atom. The molecule has 0 aliphatic carbocycles. The third-order valence-corrected chi connectivity index (χ3v) is 4.15. The molecule has 0 bridgehead atoms. The number of hydrogen-bond acceptors (Lipinski definition) is 1. The van der Waals surface area contributed by atoms with Crippen molar-refractivity contribution in [3.63, 3.8) is 0 Å². The highest BCUT2D eigenvalue weighted by Crippen LogP contribution is 2.17. The SMILES string of the molecule is C[C@@H](NC(=O)c1ccccc1Cc1ccccc1)c1ccccc1. The number of carbonyl (C=O) groups excluding carboxylic acids is 1. The lowest BCUT2D eigenvalue weighted by atomic mass is 9.99. The smallest absolute Gasteiger partial charge is 0.252 e. The molecule has 0 aliphatic heterocycles. The molecule has 0 heterocycles. The summed E-state index contributed by atoms with van der Waals surface area (Å²) in [6.45, 7) is 2.01. The number of benzene rings is 3. The summed E-state index contributed by atoms with van der Waals surface area (Å²) in [5.41, 5.74) is 4.09. The third-order valence-electron chi connectivity index (χ3n) is 4.15. The first-order valence-electron chi connectivity index (χ1n) is 8.21. The molecule has 0 fully saturated rings. The maximum atomic E-state index is 12.7. The first-order valence-corrected chi connectivity index (χ1v) is 8.21. The van der Waals surface area contributed by atoms with Gasteiger partial charge in [0, 0.05) is 5.56 Å². The Balaban J connectivity index is 1.78. The molecule has 2 heteroatoms. The molecular formula is C22H21NO. The molecule has 3 rings (SSSR count). The summed E-state index contributed by atoms with van der Waals surface area (Å²) in [5, 5.41) is 3.10. The van der Waals surface area contributed by atoms with Gasteiger partial charge in [0.1, 0.15) is 0 Å². The molecule has 0 saturated heterocycles. The lowest BCUT2D eigenvalue weighted by molar-refractivity contribution is 0.0939. The van der Waals surface area contributed by atoms with E-state index in [-0.39, 0.29) is 11.9 Å². The van der Waals surface area contributed by atoms with Gasteiger partial charge in [-0.3, -0.25) is 4.79 Å². The quantitative estimate of drug-likeness (QED) is 0.722. The van der Waals surface area contributed by atoms with Crippen molar-refractivity contribution in [3.8, 4) is 0 Å². The summed E-state index contributed by atoms with van der Waals surface area (Å²) in [4.78, 5) is 12.7. The minimum atomic E-state index is -0.0297. The van der Waals surface area contributed by atoms with Crippen LogP contribution in [0.5, 0.6) is 0 Å². The lowest BCUT2D eigenvalue weighted by Gasteiger charge is -2.16. The van der Waals surface area contributed by atoms with Gasteiger partial charge in [-0.05, 0) is 36.1 Å². The number of rotatable bonds is 5. The van der Waals surface area contributed by atoms with Crippen molar-refractivity contribution in [3.05, 3.63) is 107 Å². The van der Waals surface area contributed by atoms with Gasteiger partial charge in [0.15, 0.2) is 0 Å². The van der Waals surface area contributed by atoms with E-state index in [4.69, 9.17) is 0 Å². The molecule has 0 radical (unpaired) electrons. The van der Waals surface area contributed by atoms with Gasteiger partial charge in [-0.15, -0.1) is 0 Å². The number of carbonyl (C=O) groups is 1. The molecule has 1 N–H and O–H groups in total. The standard InChI is InChI=1S/C22H21NO/c1-17(19-12-6-3-7-13-19)23-22(24)21-15-9-8-14-20(21)16-18-10-4-2-5-11-18/h2-15,17H,16H2,1H3,(H,23,24)/t17-/m1/s1. The Morgan fingerprint density at radius 2 is 1.42 bits per heavy atom. The molecule has 0 unspecified atom stereocenters. The van der Waals surface area contributed by atoms with Crippen LogP contribution in [0.4, 0.5) is 0 Å². The summed E-state index contributed by atoms with van der Waals surface area (Å²) in [6.07, 6.45) is 0.754. The van der Waals surface area contributed by atoms with Crippen molar-refractivity contribution in [1.82, 2.24) is 5.32 Å². The van der Waals surface area contributed by atoms with Gasteiger partial charge in [-0.1, -0.05) is 78.9 Å². The molecule has 0 aliphatic rings. The van der Waals surface area contributed by atoms with E-state index in [0.29, 0.717) is 0 Å². The highest BCUT2D eigenvalue weighted by Gasteiger charge is 2.14. The van der Waals surface area contributed by atoms with Crippen molar-refractivity contribution < 1.29 is 4.79 Å². The average molecular weight is 315 g/mol. The molecule has 0 spiro atoms. The molecule has 24 heavy (non-hydrogen) atoms. The normalized spacial score (nSPS) is 11.7. The zero-order valence-corrected chi connectivity index (χ0v) is 13.8. The highest BCUT2D eigenvalue weighted by molar-refractivity contribution is 5.96. The molecule has 3 aromatic rings. The second kappa shape index (κ2) is 7.60. The Bertz CT molecular complexity index is 796. The van der Waals surface area contributed by atoms with E-state index in [1.54, 1.807) is 0 Å². The predicted molar refractivity (Wildman–Crippen MR) is 98.0 cm³/mol. The first kappa shape index (κ1) is 16.0. The second-order valence-electron chi connectivity index (χ2n) is 5.93. The molecule has 0 saturated carbocycles. The van der Waals surface area contributed by atoms with Crippen molar-refractivity contribution in [2.45, 2.75) is 19.4 Å². The molecule has 1 atom stereocenters. The fourth-order valence-electron chi connectivity index (χ4n) is 2.81. The zero-order valence-electron chi connectivity index (χ0n) is 13.8. The Hall–Kier alpha value is -2.87. The number of amides is 1. The van der Waals surface area contributed by atoms with Crippen LogP contribution in [0.15, 0.2) is 84.9 Å². The van der Waals surface area contributed by atoms with E-state index in [1.165, 1.54) is 5.56 Å². The first-order chi connectivity index (χ1) is 11.7. The Morgan fingerprint density at radius 3 is 2.12 bits per heavy atom.